The third-order valence-electron chi connectivity index (χ3n) is 4.76. The van der Waals surface area contributed by atoms with Gasteiger partial charge in [0.1, 0.15) is 0 Å². The average molecular weight is 416 g/mol. The fourth-order valence-electron chi connectivity index (χ4n) is 2.97. The number of carbonyl (C=O) groups excluding carboxylic acids is 3. The highest BCUT2D eigenvalue weighted by Crippen LogP contribution is 2.17. The van der Waals surface area contributed by atoms with Crippen LogP contribution in [0.3, 0.4) is 0 Å². The van der Waals surface area contributed by atoms with Crippen LogP contribution in [0.1, 0.15) is 27.0 Å². The summed E-state index contributed by atoms with van der Waals surface area (Å²) in [5.41, 5.74) is 4.36. The van der Waals surface area contributed by atoms with Crippen LogP contribution >= 0.6 is 0 Å². The molecule has 0 saturated heterocycles. The minimum absolute atomic E-state index is 0.0878. The van der Waals surface area contributed by atoms with Gasteiger partial charge < -0.3 is 15.4 Å². The lowest BCUT2D eigenvalue weighted by Gasteiger charge is -2.12. The van der Waals surface area contributed by atoms with E-state index in [-0.39, 0.29) is 12.3 Å². The summed E-state index contributed by atoms with van der Waals surface area (Å²) in [6.07, 6.45) is 0.0878. The summed E-state index contributed by atoms with van der Waals surface area (Å²) < 4.78 is 5.09. The van der Waals surface area contributed by atoms with Gasteiger partial charge in [-0.05, 0) is 54.8 Å². The number of anilines is 2. The van der Waals surface area contributed by atoms with Crippen LogP contribution in [0.25, 0.3) is 0 Å². The Hall–Kier alpha value is -3.93. The van der Waals surface area contributed by atoms with E-state index in [1.807, 2.05) is 50.2 Å². The van der Waals surface area contributed by atoms with E-state index in [1.165, 1.54) is 0 Å². The van der Waals surface area contributed by atoms with E-state index in [4.69, 9.17) is 4.74 Å². The number of rotatable bonds is 7. The molecule has 0 atom stereocenters. The first-order valence-corrected chi connectivity index (χ1v) is 9.89. The lowest BCUT2D eigenvalue weighted by Crippen LogP contribution is -2.23. The molecule has 0 bridgehead atoms. The molecule has 0 aliphatic carbocycles. The van der Waals surface area contributed by atoms with Gasteiger partial charge in [-0.3, -0.25) is 14.4 Å². The molecule has 31 heavy (non-hydrogen) atoms. The van der Waals surface area contributed by atoms with E-state index < -0.39 is 18.5 Å². The molecule has 158 valence electrons. The van der Waals surface area contributed by atoms with Gasteiger partial charge in [0.15, 0.2) is 6.61 Å². The van der Waals surface area contributed by atoms with E-state index >= 15 is 0 Å². The molecule has 6 nitrogen and oxygen atoms in total. The highest BCUT2D eigenvalue weighted by atomic mass is 16.5. The van der Waals surface area contributed by atoms with E-state index in [1.54, 1.807) is 36.4 Å². The number of amides is 2. The molecule has 0 aromatic heterocycles. The van der Waals surface area contributed by atoms with Crippen LogP contribution < -0.4 is 10.6 Å². The van der Waals surface area contributed by atoms with Crippen molar-refractivity contribution in [2.75, 3.05) is 17.2 Å². The van der Waals surface area contributed by atoms with Crippen molar-refractivity contribution in [1.82, 2.24) is 0 Å². The molecule has 0 aliphatic rings. The normalized spacial score (nSPS) is 10.3. The van der Waals surface area contributed by atoms with Gasteiger partial charge in [0.05, 0.1) is 17.7 Å². The zero-order valence-electron chi connectivity index (χ0n) is 17.5. The van der Waals surface area contributed by atoms with E-state index in [0.29, 0.717) is 16.9 Å². The molecule has 0 heterocycles. The van der Waals surface area contributed by atoms with Crippen molar-refractivity contribution in [2.45, 2.75) is 20.3 Å². The highest BCUT2D eigenvalue weighted by Gasteiger charge is 2.15. The lowest BCUT2D eigenvalue weighted by atomic mass is 10.0. The Morgan fingerprint density at radius 1 is 0.806 bits per heavy atom. The number of para-hydroxylation sites is 2. The first-order valence-electron chi connectivity index (χ1n) is 9.89. The van der Waals surface area contributed by atoms with E-state index in [9.17, 15) is 14.4 Å². The zero-order chi connectivity index (χ0) is 22.2. The van der Waals surface area contributed by atoms with Gasteiger partial charge in [-0.15, -0.1) is 0 Å². The number of hydrogen-bond donors (Lipinski definition) is 2. The second-order valence-corrected chi connectivity index (χ2v) is 7.17. The Balaban J connectivity index is 1.56. The minimum Gasteiger partial charge on any atom is -0.455 e. The summed E-state index contributed by atoms with van der Waals surface area (Å²) in [7, 11) is 0. The quantitative estimate of drug-likeness (QED) is 0.563. The minimum atomic E-state index is -0.520. The molecule has 0 saturated carbocycles. The summed E-state index contributed by atoms with van der Waals surface area (Å²) in [5, 5.41) is 5.42. The van der Waals surface area contributed by atoms with Crippen molar-refractivity contribution in [1.29, 1.82) is 0 Å². The van der Waals surface area contributed by atoms with Crippen LogP contribution in [0.5, 0.6) is 0 Å². The maximum Gasteiger partial charge on any atom is 0.310 e. The van der Waals surface area contributed by atoms with Crippen molar-refractivity contribution in [2.24, 2.45) is 0 Å². The molecule has 0 radical (unpaired) electrons. The predicted octanol–water partition coefficient (Wildman–Crippen LogP) is 4.28. The fraction of sp³-hybridized carbons (Fsp3) is 0.160. The molecule has 0 aliphatic heterocycles. The van der Waals surface area contributed by atoms with Gasteiger partial charge in [-0.1, -0.05) is 48.5 Å². The van der Waals surface area contributed by atoms with Crippen LogP contribution in [-0.4, -0.2) is 24.4 Å². The van der Waals surface area contributed by atoms with Gasteiger partial charge >= 0.3 is 5.97 Å². The smallest absolute Gasteiger partial charge is 0.310 e. The molecule has 0 fully saturated rings. The SMILES string of the molecule is Cc1ccc(CC(=O)OCC(=O)Nc2ccccc2C(=O)Nc2ccccc2)cc1C. The first kappa shape index (κ1) is 21.8. The Bertz CT molecular complexity index is 1090. The molecule has 3 aromatic carbocycles. The van der Waals surface area contributed by atoms with Crippen LogP contribution in [-0.2, 0) is 20.7 Å². The number of benzene rings is 3. The van der Waals surface area contributed by atoms with Gasteiger partial charge in [0.2, 0.25) is 0 Å². The average Bonchev–Trinajstić information content (AvgIpc) is 2.76. The molecule has 0 spiro atoms. The number of ether oxygens (including phenoxy) is 1. The largest absolute Gasteiger partial charge is 0.455 e. The number of aryl methyl sites for hydroxylation is 2. The lowest BCUT2D eigenvalue weighted by molar-refractivity contribution is -0.146. The van der Waals surface area contributed by atoms with Crippen LogP contribution in [0, 0.1) is 13.8 Å². The zero-order valence-corrected chi connectivity index (χ0v) is 17.5. The summed E-state index contributed by atoms with van der Waals surface area (Å²) in [4.78, 5) is 36.9. The third kappa shape index (κ3) is 6.27. The summed E-state index contributed by atoms with van der Waals surface area (Å²) in [5.74, 6) is -1.37. The number of esters is 1. The van der Waals surface area contributed by atoms with E-state index in [2.05, 4.69) is 10.6 Å². The van der Waals surface area contributed by atoms with Gasteiger partial charge in [-0.25, -0.2) is 0 Å². The molecular formula is C25H24N2O4. The van der Waals surface area contributed by atoms with Gasteiger partial charge in [0, 0.05) is 5.69 Å². The molecule has 6 heteroatoms. The van der Waals surface area contributed by atoms with Crippen LogP contribution in [0.4, 0.5) is 11.4 Å². The maximum atomic E-state index is 12.6. The van der Waals surface area contributed by atoms with Crippen molar-refractivity contribution in [3.05, 3.63) is 95.1 Å². The molecule has 0 unspecified atom stereocenters. The van der Waals surface area contributed by atoms with Crippen molar-refractivity contribution >= 4 is 29.2 Å². The summed E-state index contributed by atoms with van der Waals surface area (Å²) >= 11 is 0. The Kier molecular flexibility index (Phi) is 7.17. The monoisotopic (exact) mass is 416 g/mol. The highest BCUT2D eigenvalue weighted by molar-refractivity contribution is 6.10. The van der Waals surface area contributed by atoms with Gasteiger partial charge in [0.25, 0.3) is 11.8 Å². The predicted molar refractivity (Wildman–Crippen MR) is 120 cm³/mol. The Labute approximate surface area is 181 Å². The number of carbonyl (C=O) groups is 3. The van der Waals surface area contributed by atoms with Crippen LogP contribution in [0.15, 0.2) is 72.8 Å². The van der Waals surface area contributed by atoms with Gasteiger partial charge in [-0.2, -0.15) is 0 Å². The standard InChI is InChI=1S/C25H24N2O4/c1-17-12-13-19(14-18(17)2)15-24(29)31-16-23(28)27-22-11-7-6-10-21(22)25(30)26-20-8-4-3-5-9-20/h3-14H,15-16H2,1-2H3,(H,26,30)(H,27,28). The molecular weight excluding hydrogens is 392 g/mol. The van der Waals surface area contributed by atoms with Crippen molar-refractivity contribution in [3.8, 4) is 0 Å². The summed E-state index contributed by atoms with van der Waals surface area (Å²) in [6.45, 7) is 3.54. The molecule has 2 amide bonds. The topological polar surface area (TPSA) is 84.5 Å². The first-order chi connectivity index (χ1) is 14.9. The molecule has 3 aromatic rings. The summed E-state index contributed by atoms with van der Waals surface area (Å²) in [6, 6.07) is 21.4. The molecule has 2 N–H and O–H groups in total. The second-order valence-electron chi connectivity index (χ2n) is 7.17. The second kappa shape index (κ2) is 10.2. The van der Waals surface area contributed by atoms with Crippen LogP contribution in [0.2, 0.25) is 0 Å². The van der Waals surface area contributed by atoms with E-state index in [0.717, 1.165) is 16.7 Å². The number of nitrogens with one attached hydrogen (secondary N) is 2. The van der Waals surface area contributed by atoms with Crippen molar-refractivity contribution in [3.63, 3.8) is 0 Å². The fourth-order valence-corrected chi connectivity index (χ4v) is 2.97. The number of hydrogen-bond acceptors (Lipinski definition) is 4. The third-order valence-corrected chi connectivity index (χ3v) is 4.76. The molecule has 3 rings (SSSR count). The Morgan fingerprint density at radius 3 is 2.26 bits per heavy atom. The van der Waals surface area contributed by atoms with Crippen molar-refractivity contribution < 1.29 is 19.1 Å². The Morgan fingerprint density at radius 2 is 1.52 bits per heavy atom. The maximum absolute atomic E-state index is 12.6.